The molecule has 0 saturated carbocycles. The maximum absolute atomic E-state index is 5.30. The number of ether oxygens (including phenoxy) is 1. The third-order valence-electron chi connectivity index (χ3n) is 4.07. The first-order valence-corrected chi connectivity index (χ1v) is 7.65. The summed E-state index contributed by atoms with van der Waals surface area (Å²) >= 11 is 0. The number of methoxy groups -OCH3 is 1. The average molecular weight is 280 g/mol. The van der Waals surface area contributed by atoms with Crippen LogP contribution in [0.25, 0.3) is 0 Å². The molecule has 1 N–H and O–H groups in total. The Morgan fingerprint density at radius 2 is 2.35 bits per heavy atom. The predicted molar refractivity (Wildman–Crippen MR) is 82.4 cm³/mol. The number of aryl methyl sites for hydroxylation is 1. The van der Waals surface area contributed by atoms with E-state index < -0.39 is 0 Å². The minimum atomic E-state index is 0.325. The summed E-state index contributed by atoms with van der Waals surface area (Å²) < 4.78 is 7.58. The molecule has 5 heteroatoms. The molecule has 1 aromatic heterocycles. The van der Waals surface area contributed by atoms with Crippen molar-refractivity contribution in [1.82, 2.24) is 14.9 Å². The number of anilines is 1. The molecule has 2 heterocycles. The van der Waals surface area contributed by atoms with Crippen molar-refractivity contribution in [2.45, 2.75) is 32.7 Å². The number of aromatic nitrogens is 2. The van der Waals surface area contributed by atoms with Crippen LogP contribution in [0.4, 0.5) is 5.95 Å². The molecule has 2 atom stereocenters. The Hall–Kier alpha value is -1.07. The van der Waals surface area contributed by atoms with E-state index in [-0.39, 0.29) is 0 Å². The van der Waals surface area contributed by atoms with Gasteiger partial charge < -0.3 is 19.5 Å². The molecule has 1 saturated heterocycles. The Morgan fingerprint density at radius 3 is 3.00 bits per heavy atom. The lowest BCUT2D eigenvalue weighted by Gasteiger charge is -2.22. The summed E-state index contributed by atoms with van der Waals surface area (Å²) in [7, 11) is 3.78. The van der Waals surface area contributed by atoms with Crippen molar-refractivity contribution < 1.29 is 4.74 Å². The van der Waals surface area contributed by atoms with Crippen LogP contribution >= 0.6 is 0 Å². The Labute approximate surface area is 122 Å². The summed E-state index contributed by atoms with van der Waals surface area (Å²) in [5.41, 5.74) is 1.17. The first-order chi connectivity index (χ1) is 9.69. The minimum absolute atomic E-state index is 0.325. The van der Waals surface area contributed by atoms with E-state index in [1.807, 2.05) is 7.05 Å². The fourth-order valence-electron chi connectivity index (χ4n) is 2.95. The van der Waals surface area contributed by atoms with Gasteiger partial charge in [-0.2, -0.15) is 0 Å². The maximum atomic E-state index is 5.30. The van der Waals surface area contributed by atoms with E-state index in [4.69, 9.17) is 9.72 Å². The van der Waals surface area contributed by atoms with Crippen molar-refractivity contribution >= 4 is 5.95 Å². The van der Waals surface area contributed by atoms with Crippen LogP contribution in [-0.2, 0) is 11.2 Å². The summed E-state index contributed by atoms with van der Waals surface area (Å²) in [4.78, 5) is 7.25. The first kappa shape index (κ1) is 15.3. The second kappa shape index (κ2) is 7.09. The largest absolute Gasteiger partial charge is 0.383 e. The second-order valence-corrected chi connectivity index (χ2v) is 5.76. The van der Waals surface area contributed by atoms with Crippen molar-refractivity contribution in [3.8, 4) is 0 Å². The van der Waals surface area contributed by atoms with E-state index in [2.05, 4.69) is 34.8 Å². The molecule has 1 fully saturated rings. The van der Waals surface area contributed by atoms with Crippen LogP contribution in [0.1, 0.15) is 32.0 Å². The van der Waals surface area contributed by atoms with E-state index in [1.165, 1.54) is 12.1 Å². The zero-order valence-electron chi connectivity index (χ0n) is 13.2. The SMILES string of the molecule is CCc1cn(C(C)COC)c(N2CCC(CNC)C2)n1. The number of nitrogens with zero attached hydrogens (tertiary/aromatic N) is 3. The fraction of sp³-hybridized carbons (Fsp3) is 0.800. The van der Waals surface area contributed by atoms with E-state index in [1.54, 1.807) is 7.11 Å². The van der Waals surface area contributed by atoms with Crippen LogP contribution in [0.5, 0.6) is 0 Å². The highest BCUT2D eigenvalue weighted by atomic mass is 16.5. The zero-order valence-corrected chi connectivity index (χ0v) is 13.2. The predicted octanol–water partition coefficient (Wildman–Crippen LogP) is 1.70. The monoisotopic (exact) mass is 280 g/mol. The molecule has 0 bridgehead atoms. The van der Waals surface area contributed by atoms with Crippen molar-refractivity contribution in [1.29, 1.82) is 0 Å². The van der Waals surface area contributed by atoms with Crippen LogP contribution in [0.2, 0.25) is 0 Å². The molecule has 5 nitrogen and oxygen atoms in total. The van der Waals surface area contributed by atoms with Gasteiger partial charge in [-0.05, 0) is 39.3 Å². The maximum Gasteiger partial charge on any atom is 0.206 e. The van der Waals surface area contributed by atoms with Crippen LogP contribution in [0.15, 0.2) is 6.20 Å². The van der Waals surface area contributed by atoms with Crippen molar-refractivity contribution in [2.75, 3.05) is 45.3 Å². The Kier molecular flexibility index (Phi) is 5.43. The van der Waals surface area contributed by atoms with Gasteiger partial charge in [-0.25, -0.2) is 4.98 Å². The molecule has 114 valence electrons. The number of imidazole rings is 1. The summed E-state index contributed by atoms with van der Waals surface area (Å²) in [6, 6.07) is 0.325. The lowest BCUT2D eigenvalue weighted by molar-refractivity contribution is 0.162. The molecular formula is C15H28N4O. The third kappa shape index (κ3) is 3.33. The number of hydrogen-bond donors (Lipinski definition) is 1. The van der Waals surface area contributed by atoms with E-state index in [0.29, 0.717) is 6.04 Å². The quantitative estimate of drug-likeness (QED) is 0.825. The first-order valence-electron chi connectivity index (χ1n) is 7.65. The normalized spacial score (nSPS) is 20.6. The molecule has 1 aliphatic heterocycles. The van der Waals surface area contributed by atoms with Gasteiger partial charge in [0.05, 0.1) is 18.3 Å². The fourth-order valence-corrected chi connectivity index (χ4v) is 2.95. The van der Waals surface area contributed by atoms with Gasteiger partial charge in [0.2, 0.25) is 5.95 Å². The average Bonchev–Trinajstić information content (AvgIpc) is 3.05. The summed E-state index contributed by atoms with van der Waals surface area (Å²) in [6.45, 7) is 8.36. The molecular weight excluding hydrogens is 252 g/mol. The van der Waals surface area contributed by atoms with Crippen LogP contribution in [-0.4, -0.2) is 49.9 Å². The van der Waals surface area contributed by atoms with Crippen LogP contribution < -0.4 is 10.2 Å². The van der Waals surface area contributed by atoms with Gasteiger partial charge in [0.1, 0.15) is 0 Å². The topological polar surface area (TPSA) is 42.3 Å². The standard InChI is InChI=1S/C15H28N4O/c1-5-14-10-19(12(2)11-20-4)15(17-14)18-7-6-13(9-18)8-16-3/h10,12-13,16H,5-9,11H2,1-4H3. The summed E-state index contributed by atoms with van der Waals surface area (Å²) in [5.74, 6) is 1.85. The molecule has 20 heavy (non-hydrogen) atoms. The lowest BCUT2D eigenvalue weighted by Crippen LogP contribution is -2.27. The van der Waals surface area contributed by atoms with Gasteiger partial charge in [-0.1, -0.05) is 6.92 Å². The molecule has 0 amide bonds. The Balaban J connectivity index is 2.15. The van der Waals surface area contributed by atoms with Gasteiger partial charge in [-0.15, -0.1) is 0 Å². The molecule has 2 rings (SSSR count). The van der Waals surface area contributed by atoms with Crippen LogP contribution in [0.3, 0.4) is 0 Å². The summed E-state index contributed by atoms with van der Waals surface area (Å²) in [5, 5.41) is 3.28. The van der Waals surface area contributed by atoms with Gasteiger partial charge >= 0.3 is 0 Å². The van der Waals surface area contributed by atoms with Crippen LogP contribution in [0, 0.1) is 5.92 Å². The smallest absolute Gasteiger partial charge is 0.206 e. The lowest BCUT2D eigenvalue weighted by atomic mass is 10.1. The van der Waals surface area contributed by atoms with E-state index in [9.17, 15) is 0 Å². The molecule has 1 aliphatic rings. The van der Waals surface area contributed by atoms with E-state index >= 15 is 0 Å². The molecule has 0 aromatic carbocycles. The molecule has 2 unspecified atom stereocenters. The van der Waals surface area contributed by atoms with Crippen molar-refractivity contribution in [2.24, 2.45) is 5.92 Å². The van der Waals surface area contributed by atoms with Gasteiger partial charge in [-0.3, -0.25) is 0 Å². The number of nitrogens with one attached hydrogen (secondary N) is 1. The van der Waals surface area contributed by atoms with Gasteiger partial charge in [0, 0.05) is 26.4 Å². The highest BCUT2D eigenvalue weighted by Crippen LogP contribution is 2.26. The molecule has 0 spiro atoms. The Morgan fingerprint density at radius 1 is 1.55 bits per heavy atom. The number of hydrogen-bond acceptors (Lipinski definition) is 4. The molecule has 1 aromatic rings. The molecule has 0 radical (unpaired) electrons. The highest BCUT2D eigenvalue weighted by molar-refractivity contribution is 5.36. The number of rotatable bonds is 7. The second-order valence-electron chi connectivity index (χ2n) is 5.76. The highest BCUT2D eigenvalue weighted by Gasteiger charge is 2.26. The van der Waals surface area contributed by atoms with E-state index in [0.717, 1.165) is 44.5 Å². The van der Waals surface area contributed by atoms with Gasteiger partial charge in [0.25, 0.3) is 0 Å². The minimum Gasteiger partial charge on any atom is -0.383 e. The van der Waals surface area contributed by atoms with Gasteiger partial charge in [0.15, 0.2) is 0 Å². The van der Waals surface area contributed by atoms with Crippen molar-refractivity contribution in [3.05, 3.63) is 11.9 Å². The zero-order chi connectivity index (χ0) is 14.5. The van der Waals surface area contributed by atoms with Crippen molar-refractivity contribution in [3.63, 3.8) is 0 Å². The summed E-state index contributed by atoms with van der Waals surface area (Å²) in [6.07, 6.45) is 4.41. The molecule has 0 aliphatic carbocycles. The Bertz CT molecular complexity index is 418. The third-order valence-corrected chi connectivity index (χ3v) is 4.07.